The molecule has 3 rings (SSSR count). The van der Waals surface area contributed by atoms with E-state index in [1.54, 1.807) is 0 Å². The zero-order valence-electron chi connectivity index (χ0n) is 11.9. The lowest BCUT2D eigenvalue weighted by Crippen LogP contribution is -2.36. The molecule has 5 nitrogen and oxygen atoms in total. The van der Waals surface area contributed by atoms with Crippen LogP contribution in [0, 0.1) is 18.3 Å². The molecule has 0 atom stereocenters. The molecule has 108 valence electrons. The highest BCUT2D eigenvalue weighted by Crippen LogP contribution is 2.33. The van der Waals surface area contributed by atoms with E-state index in [9.17, 15) is 4.79 Å². The van der Waals surface area contributed by atoms with E-state index in [0.29, 0.717) is 24.6 Å². The van der Waals surface area contributed by atoms with Crippen LogP contribution >= 0.6 is 0 Å². The number of fused-ring (bicyclic) bond motifs is 1. The first-order valence-electron chi connectivity index (χ1n) is 7.10. The summed E-state index contributed by atoms with van der Waals surface area (Å²) < 4.78 is 0. The summed E-state index contributed by atoms with van der Waals surface area (Å²) in [5, 5.41) is 19.1. The minimum atomic E-state index is -0.833. The number of aryl methyl sites for hydroxylation is 1. The topological polar surface area (TPSA) is 80.1 Å². The Balaban J connectivity index is 1.90. The molecule has 1 aliphatic heterocycles. The SMILES string of the molecule is Cc1c(C2CCN(C(=O)O)CC2)[nH]c2ccc(C#N)cc12. The number of benzene rings is 1. The van der Waals surface area contributed by atoms with Crippen molar-refractivity contribution in [3.05, 3.63) is 35.0 Å². The molecule has 2 heterocycles. The average Bonchev–Trinajstić information content (AvgIpc) is 2.84. The molecular formula is C16H17N3O2. The van der Waals surface area contributed by atoms with Crippen molar-refractivity contribution in [2.24, 2.45) is 0 Å². The highest BCUT2D eigenvalue weighted by Gasteiger charge is 2.25. The van der Waals surface area contributed by atoms with E-state index < -0.39 is 6.09 Å². The number of rotatable bonds is 1. The second-order valence-corrected chi connectivity index (χ2v) is 5.58. The number of likely N-dealkylation sites (tertiary alicyclic amines) is 1. The number of amides is 1. The smallest absolute Gasteiger partial charge is 0.407 e. The van der Waals surface area contributed by atoms with Crippen molar-refractivity contribution < 1.29 is 9.90 Å². The number of carbonyl (C=O) groups is 1. The van der Waals surface area contributed by atoms with Crippen molar-refractivity contribution >= 4 is 17.0 Å². The quantitative estimate of drug-likeness (QED) is 0.843. The van der Waals surface area contributed by atoms with Crippen molar-refractivity contribution in [1.82, 2.24) is 9.88 Å². The standard InChI is InChI=1S/C16H17N3O2/c1-10-13-8-11(9-17)2-3-14(13)18-15(10)12-4-6-19(7-5-12)16(20)21/h2-3,8,12,18H,4-7H2,1H3,(H,20,21). The summed E-state index contributed by atoms with van der Waals surface area (Å²) in [4.78, 5) is 15.9. The van der Waals surface area contributed by atoms with E-state index >= 15 is 0 Å². The first-order chi connectivity index (χ1) is 10.1. The third-order valence-corrected chi connectivity index (χ3v) is 4.40. The Morgan fingerprint density at radius 1 is 1.43 bits per heavy atom. The second-order valence-electron chi connectivity index (χ2n) is 5.58. The van der Waals surface area contributed by atoms with Crippen LogP contribution in [0.25, 0.3) is 10.9 Å². The molecule has 0 saturated carbocycles. The maximum atomic E-state index is 11.0. The predicted molar refractivity (Wildman–Crippen MR) is 79.3 cm³/mol. The van der Waals surface area contributed by atoms with Gasteiger partial charge in [0.2, 0.25) is 0 Å². The highest BCUT2D eigenvalue weighted by atomic mass is 16.4. The first kappa shape index (κ1) is 13.5. The average molecular weight is 283 g/mol. The fourth-order valence-electron chi connectivity index (χ4n) is 3.18. The molecule has 1 amide bonds. The molecule has 0 aliphatic carbocycles. The number of nitrogens with zero attached hydrogens (tertiary/aromatic N) is 2. The van der Waals surface area contributed by atoms with Gasteiger partial charge >= 0.3 is 6.09 Å². The third kappa shape index (κ3) is 2.33. The summed E-state index contributed by atoms with van der Waals surface area (Å²) in [5.74, 6) is 0.360. The van der Waals surface area contributed by atoms with Gasteiger partial charge in [-0.05, 0) is 43.5 Å². The van der Waals surface area contributed by atoms with Gasteiger partial charge in [-0.1, -0.05) is 0 Å². The molecule has 0 unspecified atom stereocenters. The van der Waals surface area contributed by atoms with Crippen molar-refractivity contribution in [2.45, 2.75) is 25.7 Å². The number of carboxylic acid groups (broad SMARTS) is 1. The van der Waals surface area contributed by atoms with Gasteiger partial charge in [0, 0.05) is 35.6 Å². The third-order valence-electron chi connectivity index (χ3n) is 4.40. The van der Waals surface area contributed by atoms with Gasteiger partial charge in [-0.25, -0.2) is 4.79 Å². The fourth-order valence-corrected chi connectivity index (χ4v) is 3.18. The normalized spacial score (nSPS) is 16.1. The van der Waals surface area contributed by atoms with Gasteiger partial charge in [0.15, 0.2) is 0 Å². The van der Waals surface area contributed by atoms with Gasteiger partial charge < -0.3 is 15.0 Å². The van der Waals surface area contributed by atoms with Gasteiger partial charge in [-0.2, -0.15) is 5.26 Å². The molecule has 0 spiro atoms. The molecular weight excluding hydrogens is 266 g/mol. The van der Waals surface area contributed by atoms with Gasteiger partial charge in [0.1, 0.15) is 0 Å². The zero-order valence-corrected chi connectivity index (χ0v) is 11.9. The molecule has 2 N–H and O–H groups in total. The predicted octanol–water partition coefficient (Wildman–Crippen LogP) is 3.21. The molecule has 2 aromatic rings. The second kappa shape index (κ2) is 5.13. The van der Waals surface area contributed by atoms with Crippen LogP contribution in [0.4, 0.5) is 4.79 Å². The van der Waals surface area contributed by atoms with Crippen LogP contribution < -0.4 is 0 Å². The van der Waals surface area contributed by atoms with E-state index in [1.165, 1.54) is 16.2 Å². The van der Waals surface area contributed by atoms with Crippen molar-refractivity contribution in [2.75, 3.05) is 13.1 Å². The van der Waals surface area contributed by atoms with Gasteiger partial charge in [-0.3, -0.25) is 0 Å². The van der Waals surface area contributed by atoms with Crippen LogP contribution in [0.3, 0.4) is 0 Å². The van der Waals surface area contributed by atoms with Crippen molar-refractivity contribution in [3.63, 3.8) is 0 Å². The first-order valence-corrected chi connectivity index (χ1v) is 7.10. The van der Waals surface area contributed by atoms with Crippen LogP contribution in [0.2, 0.25) is 0 Å². The number of piperidine rings is 1. The monoisotopic (exact) mass is 283 g/mol. The Labute approximate surface area is 122 Å². The Hall–Kier alpha value is -2.48. The number of aromatic nitrogens is 1. The number of nitrogens with one attached hydrogen (secondary N) is 1. The molecule has 21 heavy (non-hydrogen) atoms. The number of hydrogen-bond acceptors (Lipinski definition) is 2. The van der Waals surface area contributed by atoms with Crippen LogP contribution in [0.15, 0.2) is 18.2 Å². The summed E-state index contributed by atoms with van der Waals surface area (Å²) in [6.07, 6.45) is 0.844. The molecule has 0 radical (unpaired) electrons. The van der Waals surface area contributed by atoms with E-state index in [0.717, 1.165) is 23.7 Å². The van der Waals surface area contributed by atoms with E-state index in [1.807, 2.05) is 18.2 Å². The summed E-state index contributed by atoms with van der Waals surface area (Å²) in [6, 6.07) is 7.84. The Kier molecular flexibility index (Phi) is 3.30. The minimum Gasteiger partial charge on any atom is -0.465 e. The van der Waals surface area contributed by atoms with Crippen molar-refractivity contribution in [3.8, 4) is 6.07 Å². The van der Waals surface area contributed by atoms with Crippen LogP contribution in [0.1, 0.15) is 35.6 Å². The summed E-state index contributed by atoms with van der Waals surface area (Å²) in [6.45, 7) is 3.23. The highest BCUT2D eigenvalue weighted by molar-refractivity contribution is 5.85. The molecule has 0 bridgehead atoms. The zero-order chi connectivity index (χ0) is 15.0. The van der Waals surface area contributed by atoms with Gasteiger partial charge in [-0.15, -0.1) is 0 Å². The minimum absolute atomic E-state index is 0.360. The fraction of sp³-hybridized carbons (Fsp3) is 0.375. The molecule has 1 fully saturated rings. The van der Waals surface area contributed by atoms with Gasteiger partial charge in [0.25, 0.3) is 0 Å². The molecule has 1 saturated heterocycles. The molecule has 1 aliphatic rings. The lowest BCUT2D eigenvalue weighted by atomic mass is 9.91. The largest absolute Gasteiger partial charge is 0.465 e. The summed E-state index contributed by atoms with van der Waals surface area (Å²) in [5.41, 5.74) is 4.07. The number of nitriles is 1. The maximum Gasteiger partial charge on any atom is 0.407 e. The lowest BCUT2D eigenvalue weighted by molar-refractivity contribution is 0.132. The maximum absolute atomic E-state index is 11.0. The molecule has 5 heteroatoms. The Bertz CT molecular complexity index is 734. The van der Waals surface area contributed by atoms with Crippen molar-refractivity contribution in [1.29, 1.82) is 5.26 Å². The number of hydrogen-bond donors (Lipinski definition) is 2. The van der Waals surface area contributed by atoms with Crippen LogP contribution in [-0.4, -0.2) is 34.2 Å². The van der Waals surface area contributed by atoms with Crippen LogP contribution in [-0.2, 0) is 0 Å². The number of H-pyrrole nitrogens is 1. The summed E-state index contributed by atoms with van der Waals surface area (Å²) >= 11 is 0. The van der Waals surface area contributed by atoms with E-state index in [4.69, 9.17) is 10.4 Å². The summed E-state index contributed by atoms with van der Waals surface area (Å²) in [7, 11) is 0. The molecule has 1 aromatic carbocycles. The Morgan fingerprint density at radius 3 is 2.76 bits per heavy atom. The molecule has 1 aromatic heterocycles. The lowest BCUT2D eigenvalue weighted by Gasteiger charge is -2.29. The van der Waals surface area contributed by atoms with E-state index in [-0.39, 0.29) is 0 Å². The number of aromatic amines is 1. The Morgan fingerprint density at radius 2 is 2.14 bits per heavy atom. The van der Waals surface area contributed by atoms with Gasteiger partial charge in [0.05, 0.1) is 11.6 Å². The van der Waals surface area contributed by atoms with E-state index in [2.05, 4.69) is 18.0 Å². The van der Waals surface area contributed by atoms with Crippen LogP contribution in [0.5, 0.6) is 0 Å².